The molecule has 1 aromatic rings. The lowest BCUT2D eigenvalue weighted by Gasteiger charge is -2.12. The zero-order valence-electron chi connectivity index (χ0n) is 16.1. The molecule has 146 valence electrons. The Balaban J connectivity index is 1.83. The van der Waals surface area contributed by atoms with Gasteiger partial charge in [0.25, 0.3) is 0 Å². The average molecular weight is 378 g/mol. The summed E-state index contributed by atoms with van der Waals surface area (Å²) >= 11 is 0. The van der Waals surface area contributed by atoms with Crippen molar-refractivity contribution in [3.8, 4) is 5.75 Å². The summed E-state index contributed by atoms with van der Waals surface area (Å²) in [5.74, 6) is 0.0961. The van der Waals surface area contributed by atoms with E-state index in [1.54, 1.807) is 13.0 Å². The normalized spacial score (nSPS) is 18.0. The van der Waals surface area contributed by atoms with Crippen LogP contribution in [0.2, 0.25) is 0 Å². The van der Waals surface area contributed by atoms with E-state index < -0.39 is 5.97 Å². The van der Waals surface area contributed by atoms with Gasteiger partial charge in [-0.2, -0.15) is 0 Å². The lowest BCUT2D eigenvalue weighted by molar-refractivity contribution is -0.130. The van der Waals surface area contributed by atoms with Gasteiger partial charge in [0.05, 0.1) is 0 Å². The van der Waals surface area contributed by atoms with E-state index >= 15 is 0 Å². The van der Waals surface area contributed by atoms with Crippen molar-refractivity contribution in [1.82, 2.24) is 0 Å². The van der Waals surface area contributed by atoms with Gasteiger partial charge >= 0.3 is 5.97 Å². The molecule has 0 heterocycles. The zero-order chi connectivity index (χ0) is 20.1. The summed E-state index contributed by atoms with van der Waals surface area (Å²) in [7, 11) is 0. The third kappa shape index (κ3) is 4.77. The van der Waals surface area contributed by atoms with Crippen molar-refractivity contribution in [1.29, 1.82) is 0 Å². The molecule has 0 spiro atoms. The maximum atomic E-state index is 11.9. The van der Waals surface area contributed by atoms with Crippen molar-refractivity contribution < 1.29 is 19.7 Å². The second-order valence-electron chi connectivity index (χ2n) is 7.19. The van der Waals surface area contributed by atoms with E-state index in [0.29, 0.717) is 24.2 Å². The Kier molecular flexibility index (Phi) is 6.45. The number of hydrogen-bond acceptors (Lipinski definition) is 4. The van der Waals surface area contributed by atoms with Crippen LogP contribution in [-0.2, 0) is 11.2 Å². The van der Waals surface area contributed by atoms with Crippen LogP contribution in [0.15, 0.2) is 77.5 Å². The Hall–Kier alpha value is -2.69. The van der Waals surface area contributed by atoms with Gasteiger partial charge in [0, 0.05) is 24.7 Å². The first-order chi connectivity index (χ1) is 13.5. The van der Waals surface area contributed by atoms with Gasteiger partial charge in [-0.3, -0.25) is 0 Å². The second kappa shape index (κ2) is 9.00. The predicted molar refractivity (Wildman–Crippen MR) is 110 cm³/mol. The number of benzene rings is 1. The number of ether oxygens (including phenoxy) is 1. The van der Waals surface area contributed by atoms with E-state index in [2.05, 4.69) is 37.0 Å². The van der Waals surface area contributed by atoms with Crippen molar-refractivity contribution >= 4 is 5.97 Å². The van der Waals surface area contributed by atoms with E-state index in [-0.39, 0.29) is 19.1 Å². The van der Waals surface area contributed by atoms with Crippen molar-refractivity contribution in [3.63, 3.8) is 0 Å². The van der Waals surface area contributed by atoms with Gasteiger partial charge in [-0.25, -0.2) is 4.79 Å². The molecule has 1 aromatic carbocycles. The van der Waals surface area contributed by atoms with Crippen LogP contribution in [0, 0.1) is 0 Å². The number of carbonyl (C=O) groups excluding carboxylic acids is 1. The van der Waals surface area contributed by atoms with E-state index in [4.69, 9.17) is 9.84 Å². The monoisotopic (exact) mass is 378 g/mol. The lowest BCUT2D eigenvalue weighted by Crippen LogP contribution is -2.09. The molecular weight excluding hydrogens is 352 g/mol. The number of esters is 1. The molecule has 0 aliphatic heterocycles. The van der Waals surface area contributed by atoms with E-state index in [0.717, 1.165) is 17.5 Å². The lowest BCUT2D eigenvalue weighted by atomic mass is 9.96. The van der Waals surface area contributed by atoms with Crippen LogP contribution in [0.1, 0.15) is 36.8 Å². The maximum absolute atomic E-state index is 11.9. The molecule has 0 aromatic heterocycles. The molecule has 1 unspecified atom stereocenters. The highest BCUT2D eigenvalue weighted by molar-refractivity contribution is 5.88. The fourth-order valence-corrected chi connectivity index (χ4v) is 3.43. The summed E-state index contributed by atoms with van der Waals surface area (Å²) in [4.78, 5) is 11.9. The molecule has 0 saturated carbocycles. The molecule has 2 N–H and O–H groups in total. The van der Waals surface area contributed by atoms with Gasteiger partial charge in [-0.1, -0.05) is 43.0 Å². The number of aliphatic hydroxyl groups excluding tert-OH is 2. The predicted octanol–water partition coefficient (Wildman–Crippen LogP) is 3.92. The fourth-order valence-electron chi connectivity index (χ4n) is 3.43. The Morgan fingerprint density at radius 1 is 1.21 bits per heavy atom. The number of allylic oxidation sites excluding steroid dienone is 7. The van der Waals surface area contributed by atoms with Gasteiger partial charge in [-0.15, -0.1) is 0 Å². The summed E-state index contributed by atoms with van der Waals surface area (Å²) in [5, 5.41) is 18.4. The topological polar surface area (TPSA) is 66.8 Å². The molecule has 3 rings (SSSR count). The molecule has 0 amide bonds. The number of hydrogen-bond donors (Lipinski definition) is 2. The van der Waals surface area contributed by atoms with Crippen LogP contribution in [0.5, 0.6) is 5.75 Å². The summed E-state index contributed by atoms with van der Waals surface area (Å²) in [5.41, 5.74) is 5.89. The van der Waals surface area contributed by atoms with Crippen LogP contribution in [0.4, 0.5) is 0 Å². The third-order valence-electron chi connectivity index (χ3n) is 4.89. The first-order valence-electron chi connectivity index (χ1n) is 9.53. The van der Waals surface area contributed by atoms with Crippen molar-refractivity contribution in [2.75, 3.05) is 13.2 Å². The SMILES string of the molecule is C=C(C)C(=O)Oc1cc(CCO)cc(C2C=CC(C3=CC(CCO)=CC3)=C2)c1. The molecular formula is C24H26O4. The summed E-state index contributed by atoms with van der Waals surface area (Å²) in [6.45, 7) is 5.43. The summed E-state index contributed by atoms with van der Waals surface area (Å²) < 4.78 is 5.42. The van der Waals surface area contributed by atoms with E-state index in [1.807, 2.05) is 12.1 Å². The molecule has 0 radical (unpaired) electrons. The molecule has 0 bridgehead atoms. The van der Waals surface area contributed by atoms with Crippen LogP contribution in [0.25, 0.3) is 0 Å². The van der Waals surface area contributed by atoms with Crippen LogP contribution in [0.3, 0.4) is 0 Å². The first kappa shape index (κ1) is 20.1. The number of rotatable bonds is 8. The number of aliphatic hydroxyl groups is 2. The highest BCUT2D eigenvalue weighted by atomic mass is 16.5. The van der Waals surface area contributed by atoms with Crippen molar-refractivity contribution in [2.24, 2.45) is 0 Å². The molecule has 2 aliphatic rings. The Labute approximate surface area is 165 Å². The molecule has 1 atom stereocenters. The van der Waals surface area contributed by atoms with Crippen LogP contribution in [-0.4, -0.2) is 29.4 Å². The summed E-state index contributed by atoms with van der Waals surface area (Å²) in [6, 6.07) is 5.70. The second-order valence-corrected chi connectivity index (χ2v) is 7.19. The fraction of sp³-hybridized carbons (Fsp3) is 0.292. The third-order valence-corrected chi connectivity index (χ3v) is 4.89. The molecule has 4 nitrogen and oxygen atoms in total. The Bertz CT molecular complexity index is 899. The van der Waals surface area contributed by atoms with Gasteiger partial charge in [-0.05, 0) is 66.2 Å². The van der Waals surface area contributed by atoms with Gasteiger partial charge < -0.3 is 14.9 Å². The molecule has 0 saturated heterocycles. The molecule has 0 fully saturated rings. The molecule has 28 heavy (non-hydrogen) atoms. The average Bonchev–Trinajstić information content (AvgIpc) is 3.31. The maximum Gasteiger partial charge on any atom is 0.338 e. The van der Waals surface area contributed by atoms with Crippen molar-refractivity contribution in [2.45, 2.75) is 32.1 Å². The molecule has 2 aliphatic carbocycles. The van der Waals surface area contributed by atoms with E-state index in [1.165, 1.54) is 16.7 Å². The summed E-state index contributed by atoms with van der Waals surface area (Å²) in [6.07, 6.45) is 12.8. The smallest absolute Gasteiger partial charge is 0.338 e. The highest BCUT2D eigenvalue weighted by Gasteiger charge is 2.18. The van der Waals surface area contributed by atoms with Gasteiger partial charge in [0.15, 0.2) is 0 Å². The van der Waals surface area contributed by atoms with Gasteiger partial charge in [0.1, 0.15) is 5.75 Å². The van der Waals surface area contributed by atoms with Crippen LogP contribution < -0.4 is 4.74 Å². The number of carbonyl (C=O) groups is 1. The van der Waals surface area contributed by atoms with Crippen LogP contribution >= 0.6 is 0 Å². The Morgan fingerprint density at radius 2 is 2.00 bits per heavy atom. The zero-order valence-corrected chi connectivity index (χ0v) is 16.1. The first-order valence-corrected chi connectivity index (χ1v) is 9.53. The minimum absolute atomic E-state index is 0.0328. The minimum Gasteiger partial charge on any atom is -0.423 e. The minimum atomic E-state index is -0.455. The quantitative estimate of drug-likeness (QED) is 0.409. The molecule has 4 heteroatoms. The standard InChI is InChI=1S/C24H26O4/c1-16(2)24(27)28-23-13-18(8-10-26)12-22(15-23)21-6-5-20(14-21)19-4-3-17(11-19)7-9-25/h3,5-6,11-15,21,25-26H,1,4,7-10H2,2H3. The van der Waals surface area contributed by atoms with E-state index in [9.17, 15) is 9.90 Å². The highest BCUT2D eigenvalue weighted by Crippen LogP contribution is 2.35. The van der Waals surface area contributed by atoms with Gasteiger partial charge in [0.2, 0.25) is 0 Å². The Morgan fingerprint density at radius 3 is 2.71 bits per heavy atom. The van der Waals surface area contributed by atoms with Crippen molar-refractivity contribution in [3.05, 3.63) is 88.6 Å². The largest absolute Gasteiger partial charge is 0.423 e.